The average Bonchev–Trinajstić information content (AvgIpc) is 2.76. The van der Waals surface area contributed by atoms with Gasteiger partial charge in [-0.3, -0.25) is 0 Å². The largest absolute Gasteiger partial charge is 0.483 e. The Bertz CT molecular complexity index is 488. The van der Waals surface area contributed by atoms with Gasteiger partial charge in [-0.05, 0) is 25.0 Å². The van der Waals surface area contributed by atoms with Crippen molar-refractivity contribution < 1.29 is 9.15 Å². The van der Waals surface area contributed by atoms with Gasteiger partial charge in [-0.2, -0.15) is 0 Å². The molecular weight excluding hydrogens is 218 g/mol. The van der Waals surface area contributed by atoms with Gasteiger partial charge in [0.15, 0.2) is 6.61 Å². The molecule has 2 N–H and O–H groups in total. The third-order valence-corrected chi connectivity index (χ3v) is 2.43. The molecule has 1 aromatic heterocycles. The average molecular weight is 233 g/mol. The fourth-order valence-electron chi connectivity index (χ4n) is 1.59. The molecule has 0 saturated heterocycles. The van der Waals surface area contributed by atoms with E-state index in [1.165, 1.54) is 0 Å². The Hall–Kier alpha value is -1.88. The lowest BCUT2D eigenvalue weighted by molar-refractivity contribution is 0.256. The fourth-order valence-corrected chi connectivity index (χ4v) is 1.59. The summed E-state index contributed by atoms with van der Waals surface area (Å²) in [4.78, 5) is 0. The Morgan fingerprint density at radius 2 is 1.82 bits per heavy atom. The monoisotopic (exact) mass is 233 g/mol. The molecule has 2 rings (SSSR count). The van der Waals surface area contributed by atoms with Crippen LogP contribution < -0.4 is 10.5 Å². The first kappa shape index (κ1) is 11.6. The minimum atomic E-state index is 0.246. The fraction of sp³-hybridized carbons (Fsp3) is 0.333. The van der Waals surface area contributed by atoms with Crippen LogP contribution in [0.5, 0.6) is 5.75 Å². The van der Waals surface area contributed by atoms with E-state index in [2.05, 4.69) is 10.2 Å². The Balaban J connectivity index is 2.07. The smallest absolute Gasteiger partial charge is 0.253 e. The number of para-hydroxylation sites is 1. The molecule has 17 heavy (non-hydrogen) atoms. The third kappa shape index (κ3) is 2.62. The highest BCUT2D eigenvalue weighted by Crippen LogP contribution is 2.23. The van der Waals surface area contributed by atoms with E-state index < -0.39 is 0 Å². The van der Waals surface area contributed by atoms with Gasteiger partial charge in [0.05, 0.1) is 6.54 Å². The predicted octanol–water partition coefficient (Wildman–Crippen LogP) is 1.72. The molecule has 0 saturated carbocycles. The molecule has 0 aliphatic carbocycles. The molecule has 5 nitrogen and oxygen atoms in total. The summed E-state index contributed by atoms with van der Waals surface area (Å²) < 4.78 is 10.9. The first-order chi connectivity index (χ1) is 8.20. The number of rotatable bonds is 4. The number of hydrogen-bond acceptors (Lipinski definition) is 5. The lowest BCUT2D eigenvalue weighted by Crippen LogP contribution is -1.99. The van der Waals surface area contributed by atoms with Gasteiger partial charge in [0.25, 0.3) is 5.89 Å². The van der Waals surface area contributed by atoms with Crippen LogP contribution in [0.1, 0.15) is 22.9 Å². The highest BCUT2D eigenvalue weighted by Gasteiger charge is 2.08. The standard InChI is InChI=1S/C12H15N3O2/c1-8-4-3-5-9(2)12(8)16-7-11-15-14-10(6-13)17-11/h3-5H,6-7,13H2,1-2H3. The maximum atomic E-state index is 5.67. The molecule has 0 fully saturated rings. The second-order valence-corrected chi connectivity index (χ2v) is 3.80. The van der Waals surface area contributed by atoms with Crippen molar-refractivity contribution in [1.82, 2.24) is 10.2 Å². The molecule has 1 heterocycles. The normalized spacial score (nSPS) is 10.5. The molecule has 0 aliphatic rings. The molecule has 1 aromatic carbocycles. The minimum Gasteiger partial charge on any atom is -0.483 e. The van der Waals surface area contributed by atoms with Crippen molar-refractivity contribution in [3.63, 3.8) is 0 Å². The third-order valence-electron chi connectivity index (χ3n) is 2.43. The number of nitrogens with two attached hydrogens (primary N) is 1. The number of nitrogens with zero attached hydrogens (tertiary/aromatic N) is 2. The number of aromatic nitrogens is 2. The molecule has 0 unspecified atom stereocenters. The molecule has 0 atom stereocenters. The van der Waals surface area contributed by atoms with Crippen molar-refractivity contribution in [2.75, 3.05) is 0 Å². The zero-order chi connectivity index (χ0) is 12.3. The molecule has 0 spiro atoms. The summed E-state index contributed by atoms with van der Waals surface area (Å²) in [6, 6.07) is 6.00. The second kappa shape index (κ2) is 4.97. The van der Waals surface area contributed by atoms with Crippen molar-refractivity contribution >= 4 is 0 Å². The Morgan fingerprint density at radius 3 is 2.41 bits per heavy atom. The van der Waals surface area contributed by atoms with Crippen LogP contribution >= 0.6 is 0 Å². The maximum absolute atomic E-state index is 5.67. The SMILES string of the molecule is Cc1cccc(C)c1OCc1nnc(CN)o1. The molecule has 0 amide bonds. The van der Waals surface area contributed by atoms with Crippen LogP contribution in [-0.4, -0.2) is 10.2 Å². The van der Waals surface area contributed by atoms with Gasteiger partial charge in [-0.25, -0.2) is 0 Å². The molecule has 5 heteroatoms. The van der Waals surface area contributed by atoms with E-state index in [1.54, 1.807) is 0 Å². The van der Waals surface area contributed by atoms with Gasteiger partial charge in [0.2, 0.25) is 5.89 Å². The summed E-state index contributed by atoms with van der Waals surface area (Å²) in [7, 11) is 0. The Labute approximate surface area is 99.6 Å². The Kier molecular flexibility index (Phi) is 3.39. The zero-order valence-corrected chi connectivity index (χ0v) is 9.93. The van der Waals surface area contributed by atoms with Crippen molar-refractivity contribution in [1.29, 1.82) is 0 Å². The van der Waals surface area contributed by atoms with E-state index in [9.17, 15) is 0 Å². The minimum absolute atomic E-state index is 0.246. The predicted molar refractivity (Wildman–Crippen MR) is 62.4 cm³/mol. The van der Waals surface area contributed by atoms with E-state index in [4.69, 9.17) is 14.9 Å². The van der Waals surface area contributed by atoms with Crippen LogP contribution in [0.4, 0.5) is 0 Å². The summed E-state index contributed by atoms with van der Waals surface area (Å²) in [5, 5.41) is 7.61. The van der Waals surface area contributed by atoms with Gasteiger partial charge < -0.3 is 14.9 Å². The van der Waals surface area contributed by atoms with Crippen molar-refractivity contribution in [3.05, 3.63) is 41.1 Å². The van der Waals surface area contributed by atoms with Crippen LogP contribution in [0, 0.1) is 13.8 Å². The van der Waals surface area contributed by atoms with E-state index in [0.717, 1.165) is 16.9 Å². The van der Waals surface area contributed by atoms with Crippen molar-refractivity contribution in [2.45, 2.75) is 27.0 Å². The molecular formula is C12H15N3O2. The molecule has 2 aromatic rings. The van der Waals surface area contributed by atoms with Crippen LogP contribution in [-0.2, 0) is 13.2 Å². The van der Waals surface area contributed by atoms with Gasteiger partial charge in [-0.15, -0.1) is 10.2 Å². The highest BCUT2D eigenvalue weighted by molar-refractivity contribution is 5.39. The van der Waals surface area contributed by atoms with E-state index in [1.807, 2.05) is 32.0 Å². The van der Waals surface area contributed by atoms with Crippen molar-refractivity contribution in [2.24, 2.45) is 5.73 Å². The quantitative estimate of drug-likeness (QED) is 0.870. The molecule has 90 valence electrons. The summed E-state index contributed by atoms with van der Waals surface area (Å²) in [5.41, 5.74) is 7.55. The van der Waals surface area contributed by atoms with E-state index >= 15 is 0 Å². The lowest BCUT2D eigenvalue weighted by atomic mass is 10.1. The second-order valence-electron chi connectivity index (χ2n) is 3.80. The van der Waals surface area contributed by atoms with Gasteiger partial charge >= 0.3 is 0 Å². The van der Waals surface area contributed by atoms with Crippen LogP contribution in [0.25, 0.3) is 0 Å². The van der Waals surface area contributed by atoms with E-state index in [-0.39, 0.29) is 13.2 Å². The number of aryl methyl sites for hydroxylation is 2. The van der Waals surface area contributed by atoms with Gasteiger partial charge in [0, 0.05) is 0 Å². The van der Waals surface area contributed by atoms with Crippen LogP contribution in [0.3, 0.4) is 0 Å². The Morgan fingerprint density at radius 1 is 1.18 bits per heavy atom. The van der Waals surface area contributed by atoms with Gasteiger partial charge in [-0.1, -0.05) is 18.2 Å². The van der Waals surface area contributed by atoms with Gasteiger partial charge in [0.1, 0.15) is 5.75 Å². The van der Waals surface area contributed by atoms with E-state index in [0.29, 0.717) is 11.8 Å². The maximum Gasteiger partial charge on any atom is 0.253 e. The molecule has 0 aliphatic heterocycles. The zero-order valence-electron chi connectivity index (χ0n) is 9.93. The summed E-state index contributed by atoms with van der Waals surface area (Å²) in [6.45, 7) is 4.51. The first-order valence-corrected chi connectivity index (χ1v) is 5.41. The van der Waals surface area contributed by atoms with Crippen molar-refractivity contribution in [3.8, 4) is 5.75 Å². The molecule has 0 bridgehead atoms. The lowest BCUT2D eigenvalue weighted by Gasteiger charge is -2.09. The highest BCUT2D eigenvalue weighted by atomic mass is 16.5. The first-order valence-electron chi connectivity index (χ1n) is 5.41. The van der Waals surface area contributed by atoms with Crippen LogP contribution in [0.2, 0.25) is 0 Å². The summed E-state index contributed by atoms with van der Waals surface area (Å²) in [5.74, 6) is 1.72. The topological polar surface area (TPSA) is 74.2 Å². The number of hydrogen-bond donors (Lipinski definition) is 1. The van der Waals surface area contributed by atoms with Crippen LogP contribution in [0.15, 0.2) is 22.6 Å². The summed E-state index contributed by atoms with van der Waals surface area (Å²) >= 11 is 0. The number of ether oxygens (including phenoxy) is 1. The molecule has 0 radical (unpaired) electrons. The number of benzene rings is 1. The summed E-state index contributed by atoms with van der Waals surface area (Å²) in [6.07, 6.45) is 0.